The second-order valence-electron chi connectivity index (χ2n) is 4.71. The van der Waals surface area contributed by atoms with Crippen molar-refractivity contribution in [1.82, 2.24) is 5.06 Å². The molecule has 1 saturated heterocycles. The molecule has 1 aromatic carbocycles. The maximum absolute atomic E-state index is 12.0. The standard InChI is InChI=1S/C12H13Cl2NO2/c1-12(2)7-17-15(11(12)16)6-8-4-3-5-9(13)10(8)14/h3-5H,6-7H2,1-2H3. The van der Waals surface area contributed by atoms with Crippen LogP contribution in [0.3, 0.4) is 0 Å². The third-order valence-corrected chi connectivity index (χ3v) is 3.59. The Kier molecular flexibility index (Phi) is 3.34. The molecule has 0 aromatic heterocycles. The summed E-state index contributed by atoms with van der Waals surface area (Å²) in [6.45, 7) is 4.43. The molecule has 2 rings (SSSR count). The number of benzene rings is 1. The van der Waals surface area contributed by atoms with Crippen molar-refractivity contribution in [2.75, 3.05) is 6.61 Å². The Bertz CT molecular complexity index is 460. The number of carbonyl (C=O) groups excluding carboxylic acids is 1. The van der Waals surface area contributed by atoms with Crippen LogP contribution >= 0.6 is 23.2 Å². The van der Waals surface area contributed by atoms with E-state index in [0.717, 1.165) is 5.56 Å². The van der Waals surface area contributed by atoms with Crippen LogP contribution in [0, 0.1) is 5.41 Å². The molecule has 1 aliphatic rings. The molecule has 17 heavy (non-hydrogen) atoms. The summed E-state index contributed by atoms with van der Waals surface area (Å²) in [6, 6.07) is 5.34. The summed E-state index contributed by atoms with van der Waals surface area (Å²) >= 11 is 12.0. The van der Waals surface area contributed by atoms with Gasteiger partial charge >= 0.3 is 0 Å². The molecule has 5 heteroatoms. The minimum Gasteiger partial charge on any atom is -0.272 e. The van der Waals surface area contributed by atoms with Crippen molar-refractivity contribution in [3.05, 3.63) is 33.8 Å². The molecule has 92 valence electrons. The lowest BCUT2D eigenvalue weighted by Gasteiger charge is -2.17. The molecule has 1 amide bonds. The van der Waals surface area contributed by atoms with Gasteiger partial charge in [-0.3, -0.25) is 9.63 Å². The number of hydrogen-bond acceptors (Lipinski definition) is 2. The molecule has 1 fully saturated rings. The molecule has 1 aromatic rings. The molecule has 0 saturated carbocycles. The van der Waals surface area contributed by atoms with Gasteiger partial charge in [0.15, 0.2) is 0 Å². The number of halogens is 2. The molecule has 3 nitrogen and oxygen atoms in total. The van der Waals surface area contributed by atoms with Crippen molar-refractivity contribution in [2.24, 2.45) is 5.41 Å². The summed E-state index contributed by atoms with van der Waals surface area (Å²) in [5, 5.41) is 2.29. The first kappa shape index (κ1) is 12.7. The molecule has 1 heterocycles. The Morgan fingerprint density at radius 2 is 2.12 bits per heavy atom. The third-order valence-electron chi connectivity index (χ3n) is 2.73. The highest BCUT2D eigenvalue weighted by atomic mass is 35.5. The number of nitrogens with zero attached hydrogens (tertiary/aromatic N) is 1. The second-order valence-corrected chi connectivity index (χ2v) is 5.50. The number of rotatable bonds is 2. The predicted molar refractivity (Wildman–Crippen MR) is 66.7 cm³/mol. The lowest BCUT2D eigenvalue weighted by molar-refractivity contribution is -0.165. The Morgan fingerprint density at radius 1 is 1.41 bits per heavy atom. The van der Waals surface area contributed by atoms with Crippen molar-refractivity contribution < 1.29 is 9.63 Å². The largest absolute Gasteiger partial charge is 0.272 e. The van der Waals surface area contributed by atoms with Gasteiger partial charge in [0, 0.05) is 0 Å². The van der Waals surface area contributed by atoms with E-state index < -0.39 is 5.41 Å². The first-order valence-electron chi connectivity index (χ1n) is 5.29. The summed E-state index contributed by atoms with van der Waals surface area (Å²) in [6.07, 6.45) is 0. The van der Waals surface area contributed by atoms with Crippen LogP contribution in [0.15, 0.2) is 18.2 Å². The maximum Gasteiger partial charge on any atom is 0.254 e. The zero-order chi connectivity index (χ0) is 12.6. The molecular formula is C12H13Cl2NO2. The average Bonchev–Trinajstić information content (AvgIpc) is 2.52. The highest BCUT2D eigenvalue weighted by molar-refractivity contribution is 6.42. The Balaban J connectivity index is 2.18. The van der Waals surface area contributed by atoms with E-state index in [9.17, 15) is 4.79 Å². The van der Waals surface area contributed by atoms with Gasteiger partial charge in [0.1, 0.15) is 0 Å². The zero-order valence-electron chi connectivity index (χ0n) is 9.67. The summed E-state index contributed by atoms with van der Waals surface area (Å²) < 4.78 is 0. The van der Waals surface area contributed by atoms with Crippen LogP contribution < -0.4 is 0 Å². The summed E-state index contributed by atoms with van der Waals surface area (Å²) in [5.41, 5.74) is 0.315. The van der Waals surface area contributed by atoms with Gasteiger partial charge in [0.2, 0.25) is 0 Å². The number of hydrogen-bond donors (Lipinski definition) is 0. The highest BCUT2D eigenvalue weighted by Gasteiger charge is 2.40. The highest BCUT2D eigenvalue weighted by Crippen LogP contribution is 2.31. The van der Waals surface area contributed by atoms with Gasteiger partial charge in [-0.05, 0) is 25.5 Å². The second kappa shape index (κ2) is 4.48. The summed E-state index contributed by atoms with van der Waals surface area (Å²) in [7, 11) is 0. The number of amides is 1. The number of hydroxylamine groups is 2. The van der Waals surface area contributed by atoms with E-state index in [1.165, 1.54) is 5.06 Å². The van der Waals surface area contributed by atoms with Crippen LogP contribution in [-0.4, -0.2) is 17.6 Å². The van der Waals surface area contributed by atoms with Crippen LogP contribution in [-0.2, 0) is 16.2 Å². The Labute approximate surface area is 110 Å². The summed E-state index contributed by atoms with van der Waals surface area (Å²) in [5.74, 6) is -0.0338. The van der Waals surface area contributed by atoms with E-state index in [-0.39, 0.29) is 5.91 Å². The average molecular weight is 274 g/mol. The van der Waals surface area contributed by atoms with E-state index in [2.05, 4.69) is 0 Å². The van der Waals surface area contributed by atoms with Crippen LogP contribution in [0.4, 0.5) is 0 Å². The normalized spacial score (nSPS) is 18.8. The Morgan fingerprint density at radius 3 is 2.71 bits per heavy atom. The number of carbonyl (C=O) groups is 1. The van der Waals surface area contributed by atoms with Crippen LogP contribution in [0.5, 0.6) is 0 Å². The molecule has 0 atom stereocenters. The molecule has 1 aliphatic heterocycles. The van der Waals surface area contributed by atoms with Gasteiger partial charge in [-0.25, -0.2) is 5.06 Å². The fourth-order valence-corrected chi connectivity index (χ4v) is 2.02. The monoisotopic (exact) mass is 273 g/mol. The molecular weight excluding hydrogens is 261 g/mol. The van der Waals surface area contributed by atoms with Gasteiger partial charge in [-0.15, -0.1) is 0 Å². The van der Waals surface area contributed by atoms with Crippen molar-refractivity contribution >= 4 is 29.1 Å². The maximum atomic E-state index is 12.0. The zero-order valence-corrected chi connectivity index (χ0v) is 11.2. The molecule has 0 radical (unpaired) electrons. The first-order chi connectivity index (χ1) is 7.92. The van der Waals surface area contributed by atoms with Crippen LogP contribution in [0.2, 0.25) is 10.0 Å². The summed E-state index contributed by atoms with van der Waals surface area (Å²) in [4.78, 5) is 17.3. The molecule has 0 aliphatic carbocycles. The molecule has 0 spiro atoms. The lowest BCUT2D eigenvalue weighted by atomic mass is 9.95. The predicted octanol–water partition coefficient (Wildman–Crippen LogP) is 3.29. The molecule has 0 N–H and O–H groups in total. The van der Waals surface area contributed by atoms with Gasteiger partial charge in [0.05, 0.1) is 28.6 Å². The molecule has 0 bridgehead atoms. The minimum atomic E-state index is -0.467. The fraction of sp³-hybridized carbons (Fsp3) is 0.417. The SMILES string of the molecule is CC1(C)CON(Cc2cccc(Cl)c2Cl)C1=O. The van der Waals surface area contributed by atoms with E-state index in [1.807, 2.05) is 19.9 Å². The smallest absolute Gasteiger partial charge is 0.254 e. The van der Waals surface area contributed by atoms with E-state index >= 15 is 0 Å². The van der Waals surface area contributed by atoms with Gasteiger partial charge < -0.3 is 0 Å². The van der Waals surface area contributed by atoms with Crippen molar-refractivity contribution in [2.45, 2.75) is 20.4 Å². The van der Waals surface area contributed by atoms with Crippen LogP contribution in [0.1, 0.15) is 19.4 Å². The van der Waals surface area contributed by atoms with E-state index in [0.29, 0.717) is 23.2 Å². The van der Waals surface area contributed by atoms with Crippen molar-refractivity contribution in [1.29, 1.82) is 0 Å². The Hall–Kier alpha value is -0.770. The van der Waals surface area contributed by atoms with Gasteiger partial charge in [-0.2, -0.15) is 0 Å². The topological polar surface area (TPSA) is 29.5 Å². The van der Waals surface area contributed by atoms with Gasteiger partial charge in [-0.1, -0.05) is 35.3 Å². The third kappa shape index (κ3) is 2.41. The van der Waals surface area contributed by atoms with E-state index in [1.54, 1.807) is 12.1 Å². The van der Waals surface area contributed by atoms with Gasteiger partial charge in [0.25, 0.3) is 5.91 Å². The van der Waals surface area contributed by atoms with Crippen LogP contribution in [0.25, 0.3) is 0 Å². The quantitative estimate of drug-likeness (QED) is 0.828. The van der Waals surface area contributed by atoms with Crippen molar-refractivity contribution in [3.8, 4) is 0 Å². The fourth-order valence-electron chi connectivity index (χ4n) is 1.64. The minimum absolute atomic E-state index is 0.0338. The van der Waals surface area contributed by atoms with E-state index in [4.69, 9.17) is 28.0 Å². The van der Waals surface area contributed by atoms with Crippen molar-refractivity contribution in [3.63, 3.8) is 0 Å². The lowest BCUT2D eigenvalue weighted by Crippen LogP contribution is -2.30. The first-order valence-corrected chi connectivity index (χ1v) is 6.05. The molecule has 0 unspecified atom stereocenters.